The molecule has 1 rings (SSSR count). The molecule has 21 heavy (non-hydrogen) atoms. The first kappa shape index (κ1) is 21.3. The van der Waals surface area contributed by atoms with Crippen LogP contribution in [-0.2, 0) is 0 Å². The summed E-state index contributed by atoms with van der Waals surface area (Å²) in [6.07, 6.45) is 5.63. The molecular formula is C15H32IN3OS. The molecule has 0 aromatic carbocycles. The highest BCUT2D eigenvalue weighted by atomic mass is 127. The first-order valence-electron chi connectivity index (χ1n) is 8.02. The Morgan fingerprint density at radius 1 is 1.29 bits per heavy atom. The maximum atomic E-state index is 10.5. The van der Waals surface area contributed by atoms with E-state index in [9.17, 15) is 5.11 Å². The van der Waals surface area contributed by atoms with Crippen molar-refractivity contribution in [1.29, 1.82) is 0 Å². The van der Waals surface area contributed by atoms with Crippen molar-refractivity contribution >= 4 is 41.7 Å². The van der Waals surface area contributed by atoms with Gasteiger partial charge in [0.25, 0.3) is 0 Å². The minimum atomic E-state index is -0.591. The van der Waals surface area contributed by atoms with Gasteiger partial charge in [0.2, 0.25) is 0 Å². The van der Waals surface area contributed by atoms with Crippen molar-refractivity contribution in [3.8, 4) is 0 Å². The lowest BCUT2D eigenvalue weighted by atomic mass is 9.79. The zero-order chi connectivity index (χ0) is 14.8. The average Bonchev–Trinajstić information content (AvgIpc) is 2.45. The van der Waals surface area contributed by atoms with Crippen LogP contribution in [0.2, 0.25) is 0 Å². The Labute approximate surface area is 151 Å². The number of rotatable bonds is 9. The van der Waals surface area contributed by atoms with E-state index < -0.39 is 5.60 Å². The van der Waals surface area contributed by atoms with E-state index in [-0.39, 0.29) is 24.0 Å². The van der Waals surface area contributed by atoms with Gasteiger partial charge in [-0.25, -0.2) is 0 Å². The zero-order valence-electron chi connectivity index (χ0n) is 13.7. The zero-order valence-corrected chi connectivity index (χ0v) is 16.8. The molecule has 0 bridgehead atoms. The first-order chi connectivity index (χ1) is 9.66. The summed E-state index contributed by atoms with van der Waals surface area (Å²) in [5.74, 6) is 1.90. The molecule has 0 radical (unpaired) electrons. The van der Waals surface area contributed by atoms with Crippen LogP contribution >= 0.6 is 35.7 Å². The second kappa shape index (κ2) is 11.8. The molecule has 0 amide bonds. The predicted octanol–water partition coefficient (Wildman–Crippen LogP) is 3.00. The van der Waals surface area contributed by atoms with Crippen LogP contribution in [-0.4, -0.2) is 47.3 Å². The van der Waals surface area contributed by atoms with Gasteiger partial charge in [-0.1, -0.05) is 26.7 Å². The average molecular weight is 429 g/mol. The molecule has 1 fully saturated rings. The molecule has 0 heterocycles. The molecule has 2 atom stereocenters. The minimum Gasteiger partial charge on any atom is -0.387 e. The van der Waals surface area contributed by atoms with Crippen molar-refractivity contribution in [2.75, 3.05) is 25.4 Å². The second-order valence-electron chi connectivity index (χ2n) is 5.42. The van der Waals surface area contributed by atoms with Crippen LogP contribution in [0.4, 0.5) is 0 Å². The number of thioether (sulfide) groups is 1. The number of aliphatic imine (C=N–C) groups is 1. The van der Waals surface area contributed by atoms with E-state index in [1.165, 1.54) is 19.3 Å². The third kappa shape index (κ3) is 7.41. The highest BCUT2D eigenvalue weighted by Crippen LogP contribution is 2.41. The Hall–Kier alpha value is 0.310. The fraction of sp³-hybridized carbons (Fsp3) is 0.933. The van der Waals surface area contributed by atoms with Gasteiger partial charge >= 0.3 is 0 Å². The van der Waals surface area contributed by atoms with Crippen molar-refractivity contribution in [1.82, 2.24) is 10.6 Å². The van der Waals surface area contributed by atoms with Gasteiger partial charge in [0, 0.05) is 18.3 Å². The molecule has 4 nitrogen and oxygen atoms in total. The van der Waals surface area contributed by atoms with E-state index in [1.54, 1.807) is 0 Å². The molecule has 126 valence electrons. The Morgan fingerprint density at radius 2 is 2.05 bits per heavy atom. The van der Waals surface area contributed by atoms with E-state index in [2.05, 4.69) is 36.4 Å². The van der Waals surface area contributed by atoms with Crippen molar-refractivity contribution in [3.05, 3.63) is 0 Å². The molecule has 6 heteroatoms. The van der Waals surface area contributed by atoms with Gasteiger partial charge in [0.1, 0.15) is 0 Å². The lowest BCUT2D eigenvalue weighted by molar-refractivity contribution is -0.0154. The van der Waals surface area contributed by atoms with Gasteiger partial charge in [0.05, 0.1) is 12.1 Å². The molecule has 1 aliphatic carbocycles. The maximum Gasteiger partial charge on any atom is 0.191 e. The molecular weight excluding hydrogens is 397 g/mol. The minimum absolute atomic E-state index is 0. The van der Waals surface area contributed by atoms with Crippen LogP contribution < -0.4 is 10.6 Å². The lowest BCUT2D eigenvalue weighted by Crippen LogP contribution is -2.53. The number of aliphatic hydroxyl groups is 1. The van der Waals surface area contributed by atoms with Crippen LogP contribution in [0.1, 0.15) is 52.9 Å². The van der Waals surface area contributed by atoms with Gasteiger partial charge in [-0.15, -0.1) is 24.0 Å². The Balaban J connectivity index is 0.00000400. The highest BCUT2D eigenvalue weighted by molar-refractivity contribution is 14.0. The van der Waals surface area contributed by atoms with Crippen LogP contribution in [0, 0.1) is 0 Å². The summed E-state index contributed by atoms with van der Waals surface area (Å²) in [6, 6.07) is 0. The number of hydrogen-bond acceptors (Lipinski definition) is 3. The predicted molar refractivity (Wildman–Crippen MR) is 105 cm³/mol. The third-order valence-corrected chi connectivity index (χ3v) is 5.14. The van der Waals surface area contributed by atoms with Gasteiger partial charge in [-0.2, -0.15) is 11.8 Å². The third-order valence-electron chi connectivity index (χ3n) is 3.73. The van der Waals surface area contributed by atoms with Crippen LogP contribution in [0.5, 0.6) is 0 Å². The number of guanidine groups is 1. The Kier molecular flexibility index (Phi) is 12.0. The molecule has 0 aromatic heterocycles. The van der Waals surface area contributed by atoms with Gasteiger partial charge in [-0.05, 0) is 31.9 Å². The number of nitrogens with one attached hydrogen (secondary N) is 2. The fourth-order valence-corrected chi connectivity index (χ4v) is 3.54. The van der Waals surface area contributed by atoms with E-state index in [0.29, 0.717) is 11.8 Å². The van der Waals surface area contributed by atoms with Crippen molar-refractivity contribution in [2.24, 2.45) is 4.99 Å². The van der Waals surface area contributed by atoms with Crippen LogP contribution in [0.25, 0.3) is 0 Å². The molecule has 1 aliphatic rings. The van der Waals surface area contributed by atoms with Gasteiger partial charge in [0.15, 0.2) is 5.96 Å². The summed E-state index contributed by atoms with van der Waals surface area (Å²) in [6.45, 7) is 8.73. The number of halogens is 1. The highest BCUT2D eigenvalue weighted by Gasteiger charge is 2.45. The monoisotopic (exact) mass is 429 g/mol. The quantitative estimate of drug-likeness (QED) is 0.228. The standard InChI is InChI=1S/C15H31N3OS.HI/c1-4-7-8-11-17-14(16-5-2)18-12-15(19)10-9-13(15)20-6-3;/h13,19H,4-12H2,1-3H3,(H2,16,17,18);1H. The fourth-order valence-electron chi connectivity index (χ4n) is 2.36. The molecule has 0 aromatic rings. The van der Waals surface area contributed by atoms with E-state index in [0.717, 1.165) is 37.6 Å². The Bertz CT molecular complexity index is 305. The topological polar surface area (TPSA) is 56.7 Å². The normalized spacial score (nSPS) is 25.0. The van der Waals surface area contributed by atoms with Crippen molar-refractivity contribution in [2.45, 2.75) is 63.7 Å². The lowest BCUT2D eigenvalue weighted by Gasteiger charge is -2.44. The molecule has 1 saturated carbocycles. The second-order valence-corrected chi connectivity index (χ2v) is 6.90. The summed E-state index contributed by atoms with van der Waals surface area (Å²) in [7, 11) is 0. The van der Waals surface area contributed by atoms with Gasteiger partial charge < -0.3 is 15.7 Å². The maximum absolute atomic E-state index is 10.5. The summed E-state index contributed by atoms with van der Waals surface area (Å²) in [4.78, 5) is 4.57. The van der Waals surface area contributed by atoms with Gasteiger partial charge in [-0.3, -0.25) is 4.99 Å². The Morgan fingerprint density at radius 3 is 2.57 bits per heavy atom. The van der Waals surface area contributed by atoms with E-state index in [1.807, 2.05) is 11.8 Å². The first-order valence-corrected chi connectivity index (χ1v) is 9.07. The summed E-state index contributed by atoms with van der Waals surface area (Å²) >= 11 is 1.85. The molecule has 0 aliphatic heterocycles. The van der Waals surface area contributed by atoms with E-state index >= 15 is 0 Å². The largest absolute Gasteiger partial charge is 0.387 e. The smallest absolute Gasteiger partial charge is 0.191 e. The van der Waals surface area contributed by atoms with E-state index in [4.69, 9.17) is 0 Å². The molecule has 2 unspecified atom stereocenters. The molecule has 0 spiro atoms. The number of hydrogen-bond donors (Lipinski definition) is 3. The summed E-state index contributed by atoms with van der Waals surface area (Å²) in [5, 5.41) is 17.5. The van der Waals surface area contributed by atoms with Crippen LogP contribution in [0.15, 0.2) is 4.99 Å². The summed E-state index contributed by atoms with van der Waals surface area (Å²) < 4.78 is 0. The summed E-state index contributed by atoms with van der Waals surface area (Å²) in [5.41, 5.74) is -0.591. The number of nitrogens with zero attached hydrogens (tertiary/aromatic N) is 1. The van der Waals surface area contributed by atoms with Crippen molar-refractivity contribution < 1.29 is 5.11 Å². The number of unbranched alkanes of at least 4 members (excludes halogenated alkanes) is 2. The molecule has 3 N–H and O–H groups in total. The molecule has 0 saturated heterocycles. The van der Waals surface area contributed by atoms with Crippen LogP contribution in [0.3, 0.4) is 0 Å². The van der Waals surface area contributed by atoms with Crippen molar-refractivity contribution in [3.63, 3.8) is 0 Å². The SMILES string of the molecule is CCCCCNC(=NCC1(O)CCC1SCC)NCC.I.